The topological polar surface area (TPSA) is 65.2 Å². The third kappa shape index (κ3) is 4.62. The molecule has 1 aromatic heterocycles. The summed E-state index contributed by atoms with van der Waals surface area (Å²) in [7, 11) is 0. The van der Waals surface area contributed by atoms with Crippen molar-refractivity contribution < 1.29 is 4.79 Å². The summed E-state index contributed by atoms with van der Waals surface area (Å²) in [5, 5.41) is 4.42. The highest BCUT2D eigenvalue weighted by Gasteiger charge is 2.27. The molecule has 0 unspecified atom stereocenters. The Bertz CT molecular complexity index is 1170. The van der Waals surface area contributed by atoms with E-state index in [2.05, 4.69) is 16.4 Å². The Balaban J connectivity index is 1.67. The Morgan fingerprint density at radius 2 is 1.87 bits per heavy atom. The smallest absolute Gasteiger partial charge is 0.321 e. The molecule has 3 aromatic rings. The quantitative estimate of drug-likeness (QED) is 0.512. The first-order valence-electron chi connectivity index (χ1n) is 10.9. The number of anilines is 1. The van der Waals surface area contributed by atoms with E-state index < -0.39 is 0 Å². The number of nitrogens with one attached hydrogen (secondary N) is 2. The van der Waals surface area contributed by atoms with Gasteiger partial charge in [0, 0.05) is 11.6 Å². The van der Waals surface area contributed by atoms with Crippen LogP contribution < -0.4 is 10.9 Å². The average Bonchev–Trinajstić information content (AvgIpc) is 2.77. The summed E-state index contributed by atoms with van der Waals surface area (Å²) in [6.07, 6.45) is 5.26. The van der Waals surface area contributed by atoms with Crippen molar-refractivity contribution in [3.8, 4) is 0 Å². The molecule has 1 saturated carbocycles. The number of fused-ring (bicyclic) bond motifs is 1. The lowest BCUT2D eigenvalue weighted by Crippen LogP contribution is -2.44. The zero-order chi connectivity index (χ0) is 22.0. The molecule has 162 valence electrons. The Labute approximate surface area is 187 Å². The number of carbonyl (C=O) groups is 1. The molecule has 31 heavy (non-hydrogen) atoms. The molecule has 1 aliphatic rings. The van der Waals surface area contributed by atoms with Crippen molar-refractivity contribution in [1.82, 2.24) is 9.88 Å². The Kier molecular flexibility index (Phi) is 6.33. The molecule has 6 heteroatoms. The fourth-order valence-electron chi connectivity index (χ4n) is 4.38. The van der Waals surface area contributed by atoms with Gasteiger partial charge in [0.25, 0.3) is 5.56 Å². The van der Waals surface area contributed by atoms with Crippen LogP contribution in [0.4, 0.5) is 10.5 Å². The molecule has 2 N–H and O–H groups in total. The number of para-hydroxylation sites is 1. The van der Waals surface area contributed by atoms with Crippen molar-refractivity contribution in [2.75, 3.05) is 5.32 Å². The van der Waals surface area contributed by atoms with E-state index >= 15 is 0 Å². The molecule has 2 amide bonds. The van der Waals surface area contributed by atoms with Gasteiger partial charge in [0.05, 0.1) is 22.8 Å². The van der Waals surface area contributed by atoms with E-state index in [1.165, 1.54) is 6.42 Å². The summed E-state index contributed by atoms with van der Waals surface area (Å²) >= 11 is 6.25. The van der Waals surface area contributed by atoms with Gasteiger partial charge in [0.15, 0.2) is 0 Å². The Hall–Kier alpha value is -2.79. The lowest BCUT2D eigenvalue weighted by atomic mass is 9.94. The Morgan fingerprint density at radius 1 is 1.13 bits per heavy atom. The van der Waals surface area contributed by atoms with Gasteiger partial charge in [-0.1, -0.05) is 55.1 Å². The highest BCUT2D eigenvalue weighted by Crippen LogP contribution is 2.27. The summed E-state index contributed by atoms with van der Waals surface area (Å²) < 4.78 is 0. The normalized spacial score (nSPS) is 14.5. The molecule has 1 aliphatic carbocycles. The monoisotopic (exact) mass is 437 g/mol. The van der Waals surface area contributed by atoms with Gasteiger partial charge in [0.1, 0.15) is 0 Å². The largest absolute Gasteiger partial charge is 0.322 e. The van der Waals surface area contributed by atoms with E-state index in [0.717, 1.165) is 47.7 Å². The number of nitrogens with zero attached hydrogens (tertiary/aromatic N) is 1. The summed E-state index contributed by atoms with van der Waals surface area (Å²) in [5.41, 5.74) is 4.09. The molecule has 0 saturated heterocycles. The molecule has 2 aromatic carbocycles. The predicted molar refractivity (Wildman–Crippen MR) is 127 cm³/mol. The maximum atomic E-state index is 13.3. The number of rotatable bonds is 4. The second kappa shape index (κ2) is 9.15. The number of hydrogen-bond acceptors (Lipinski definition) is 2. The molecular formula is C25H28ClN3O2. The Morgan fingerprint density at radius 3 is 2.61 bits per heavy atom. The van der Waals surface area contributed by atoms with Gasteiger partial charge >= 0.3 is 6.03 Å². The van der Waals surface area contributed by atoms with Crippen molar-refractivity contribution in [1.29, 1.82) is 0 Å². The molecule has 1 fully saturated rings. The van der Waals surface area contributed by atoms with Gasteiger partial charge in [-0.3, -0.25) is 4.79 Å². The van der Waals surface area contributed by atoms with Crippen molar-refractivity contribution in [3.05, 3.63) is 74.5 Å². The summed E-state index contributed by atoms with van der Waals surface area (Å²) in [6.45, 7) is 4.31. The van der Waals surface area contributed by atoms with Gasteiger partial charge in [-0.25, -0.2) is 4.79 Å². The van der Waals surface area contributed by atoms with Gasteiger partial charge in [-0.2, -0.15) is 0 Å². The first-order chi connectivity index (χ1) is 14.9. The van der Waals surface area contributed by atoms with Crippen molar-refractivity contribution in [3.63, 3.8) is 0 Å². The molecule has 0 bridgehead atoms. The number of halogens is 1. The fraction of sp³-hybridized carbons (Fsp3) is 0.360. The minimum absolute atomic E-state index is 0.103. The third-order valence-corrected chi connectivity index (χ3v) is 6.69. The van der Waals surface area contributed by atoms with Crippen LogP contribution in [0.2, 0.25) is 5.02 Å². The maximum absolute atomic E-state index is 13.3. The number of carbonyl (C=O) groups excluding carboxylic acids is 1. The second-order valence-electron chi connectivity index (χ2n) is 8.43. The fourth-order valence-corrected chi connectivity index (χ4v) is 4.56. The highest BCUT2D eigenvalue weighted by molar-refractivity contribution is 6.33. The van der Waals surface area contributed by atoms with Crippen LogP contribution in [0.3, 0.4) is 0 Å². The second-order valence-corrected chi connectivity index (χ2v) is 8.83. The first kappa shape index (κ1) is 21.4. The van der Waals surface area contributed by atoms with Crippen LogP contribution in [0.25, 0.3) is 10.9 Å². The van der Waals surface area contributed by atoms with E-state index in [-0.39, 0.29) is 24.2 Å². The van der Waals surface area contributed by atoms with Crippen LogP contribution in [0.5, 0.6) is 0 Å². The number of aromatic amines is 1. The molecule has 0 aliphatic heterocycles. The van der Waals surface area contributed by atoms with Crippen molar-refractivity contribution >= 4 is 34.2 Å². The van der Waals surface area contributed by atoms with E-state index in [4.69, 9.17) is 11.6 Å². The number of pyridine rings is 1. The standard InChI is InChI=1S/C25H28ClN3O2/c1-16-12-13-18-14-19(24(30)28-23(18)17(16)2)15-29(20-8-4-3-5-9-20)25(31)27-22-11-7-6-10-21(22)26/h6-7,10-14,20H,3-5,8-9,15H2,1-2H3,(H,27,31)(H,28,30). The third-order valence-electron chi connectivity index (χ3n) is 6.36. The lowest BCUT2D eigenvalue weighted by Gasteiger charge is -2.34. The number of hydrogen-bond donors (Lipinski definition) is 2. The molecular weight excluding hydrogens is 410 g/mol. The summed E-state index contributed by atoms with van der Waals surface area (Å²) in [6, 6.07) is 13.1. The van der Waals surface area contributed by atoms with E-state index in [1.807, 2.05) is 38.1 Å². The lowest BCUT2D eigenvalue weighted by molar-refractivity contribution is 0.162. The number of amides is 2. The molecule has 5 nitrogen and oxygen atoms in total. The molecule has 0 atom stereocenters. The summed E-state index contributed by atoms with van der Waals surface area (Å²) in [4.78, 5) is 31.0. The van der Waals surface area contributed by atoms with Gasteiger partial charge < -0.3 is 15.2 Å². The highest BCUT2D eigenvalue weighted by atomic mass is 35.5. The number of aryl methyl sites for hydroxylation is 2. The molecule has 0 radical (unpaired) electrons. The number of benzene rings is 2. The van der Waals surface area contributed by atoms with Crippen LogP contribution in [0, 0.1) is 13.8 Å². The molecule has 1 heterocycles. The van der Waals surface area contributed by atoms with Crippen LogP contribution in [0.1, 0.15) is 48.8 Å². The van der Waals surface area contributed by atoms with Crippen molar-refractivity contribution in [2.24, 2.45) is 0 Å². The zero-order valence-electron chi connectivity index (χ0n) is 18.0. The number of H-pyrrole nitrogens is 1. The molecule has 4 rings (SSSR count). The maximum Gasteiger partial charge on any atom is 0.322 e. The number of urea groups is 1. The minimum Gasteiger partial charge on any atom is -0.321 e. The van der Waals surface area contributed by atoms with Gasteiger partial charge in [0.2, 0.25) is 0 Å². The van der Waals surface area contributed by atoms with Crippen molar-refractivity contribution in [2.45, 2.75) is 58.5 Å². The van der Waals surface area contributed by atoms with Gasteiger partial charge in [-0.05, 0) is 61.4 Å². The minimum atomic E-state index is -0.223. The summed E-state index contributed by atoms with van der Waals surface area (Å²) in [5.74, 6) is 0. The zero-order valence-corrected chi connectivity index (χ0v) is 18.8. The first-order valence-corrected chi connectivity index (χ1v) is 11.3. The van der Waals surface area contributed by atoms with Crippen LogP contribution >= 0.6 is 11.6 Å². The van der Waals surface area contributed by atoms with E-state index in [0.29, 0.717) is 16.3 Å². The van der Waals surface area contributed by atoms with E-state index in [9.17, 15) is 9.59 Å². The van der Waals surface area contributed by atoms with Crippen LogP contribution in [0.15, 0.2) is 47.3 Å². The SMILES string of the molecule is Cc1ccc2cc(CN(C(=O)Nc3ccccc3Cl)C3CCCCC3)c(=O)[nH]c2c1C. The van der Waals surface area contributed by atoms with Crippen LogP contribution in [-0.4, -0.2) is 22.0 Å². The average molecular weight is 438 g/mol. The predicted octanol–water partition coefficient (Wildman–Crippen LogP) is 6.17. The number of aromatic nitrogens is 1. The van der Waals surface area contributed by atoms with Crippen LogP contribution in [-0.2, 0) is 6.54 Å². The van der Waals surface area contributed by atoms with Gasteiger partial charge in [-0.15, -0.1) is 0 Å². The van der Waals surface area contributed by atoms with E-state index in [1.54, 1.807) is 17.0 Å². The molecule has 0 spiro atoms.